The van der Waals surface area contributed by atoms with E-state index in [2.05, 4.69) is 25.3 Å². The third kappa shape index (κ3) is 7.70. The van der Waals surface area contributed by atoms with E-state index in [1.807, 2.05) is 0 Å². The fourth-order valence-corrected chi connectivity index (χ4v) is 2.43. The average Bonchev–Trinajstić information content (AvgIpc) is 2.32. The third-order valence-corrected chi connectivity index (χ3v) is 3.32. The second kappa shape index (κ2) is 11.0. The fourth-order valence-electron chi connectivity index (χ4n) is 2.43. The van der Waals surface area contributed by atoms with Gasteiger partial charge in [-0.15, -0.1) is 0 Å². The summed E-state index contributed by atoms with van der Waals surface area (Å²) in [6.45, 7) is 12.2. The molecule has 2 nitrogen and oxygen atoms in total. The van der Waals surface area contributed by atoms with E-state index < -0.39 is 0 Å². The zero-order valence-electron chi connectivity index (χ0n) is 11.1. The van der Waals surface area contributed by atoms with Gasteiger partial charge in [0.05, 0.1) is 0 Å². The van der Waals surface area contributed by atoms with Crippen molar-refractivity contribution in [3.05, 3.63) is 0 Å². The van der Waals surface area contributed by atoms with E-state index >= 15 is 0 Å². The van der Waals surface area contributed by atoms with Crippen molar-refractivity contribution in [1.29, 1.82) is 5.26 Å². The zero-order chi connectivity index (χ0) is 12.2. The molecule has 1 heterocycles. The molecule has 1 rings (SSSR count). The van der Waals surface area contributed by atoms with E-state index in [-0.39, 0.29) is 0 Å². The van der Waals surface area contributed by atoms with Gasteiger partial charge in [0.1, 0.15) is 0 Å². The lowest BCUT2D eigenvalue weighted by Crippen LogP contribution is -2.34. The van der Waals surface area contributed by atoms with Gasteiger partial charge in [-0.2, -0.15) is 0 Å². The highest BCUT2D eigenvalue weighted by molar-refractivity contribution is 4.69. The minimum absolute atomic E-state index is 0.944. The van der Waals surface area contributed by atoms with Crippen LogP contribution in [-0.2, 0) is 0 Å². The summed E-state index contributed by atoms with van der Waals surface area (Å²) in [5.41, 5.74) is 0. The highest BCUT2D eigenvalue weighted by atomic mass is 15.1. The topological polar surface area (TPSA) is 27.0 Å². The highest BCUT2D eigenvalue weighted by Gasteiger charge is 2.14. The molecule has 1 fully saturated rings. The normalized spacial score (nSPS) is 21.1. The standard InChI is InChI=1S/C13H27N.CHN/c1-3-4-5-6-7-10-14-11-8-9-13(2)12-14;1-2/h13H,3-12H2,1-2H3;1H. The van der Waals surface area contributed by atoms with E-state index in [9.17, 15) is 0 Å². The molecule has 94 valence electrons. The maximum atomic E-state index is 6.50. The van der Waals surface area contributed by atoms with Crippen LogP contribution in [0.2, 0.25) is 0 Å². The number of rotatable bonds is 6. The number of nitrogens with zero attached hydrogens (tertiary/aromatic N) is 2. The van der Waals surface area contributed by atoms with Crippen molar-refractivity contribution >= 4 is 0 Å². The number of hydrogen-bond acceptors (Lipinski definition) is 2. The fraction of sp³-hybridized carbons (Fsp3) is 0.929. The first kappa shape index (κ1) is 15.4. The Kier molecular flexibility index (Phi) is 10.6. The van der Waals surface area contributed by atoms with E-state index in [1.165, 1.54) is 64.6 Å². The molecule has 0 bridgehead atoms. The summed E-state index contributed by atoms with van der Waals surface area (Å²) in [5, 5.41) is 6.50. The lowest BCUT2D eigenvalue weighted by molar-refractivity contribution is 0.180. The summed E-state index contributed by atoms with van der Waals surface area (Å²) in [5.74, 6) is 0.944. The molecule has 1 unspecified atom stereocenters. The summed E-state index contributed by atoms with van der Waals surface area (Å²) in [7, 11) is 0. The van der Waals surface area contributed by atoms with Crippen LogP contribution >= 0.6 is 0 Å². The average molecular weight is 224 g/mol. The molecule has 0 N–H and O–H groups in total. The first-order valence-corrected chi connectivity index (χ1v) is 6.81. The first-order valence-electron chi connectivity index (χ1n) is 6.81. The first-order chi connectivity index (χ1) is 7.83. The van der Waals surface area contributed by atoms with Crippen molar-refractivity contribution in [2.45, 2.75) is 58.8 Å². The number of hydrogen-bond donors (Lipinski definition) is 0. The monoisotopic (exact) mass is 224 g/mol. The molecule has 1 aliphatic rings. The van der Waals surface area contributed by atoms with Crippen LogP contribution in [-0.4, -0.2) is 24.5 Å². The highest BCUT2D eigenvalue weighted by Crippen LogP contribution is 2.16. The Morgan fingerprint density at radius 2 is 1.88 bits per heavy atom. The lowest BCUT2D eigenvalue weighted by atomic mass is 10.00. The Morgan fingerprint density at radius 1 is 1.19 bits per heavy atom. The molecule has 0 radical (unpaired) electrons. The van der Waals surface area contributed by atoms with Crippen LogP contribution in [0.4, 0.5) is 0 Å². The van der Waals surface area contributed by atoms with Gasteiger partial charge >= 0.3 is 0 Å². The summed E-state index contributed by atoms with van der Waals surface area (Å²) >= 11 is 0. The molecular formula is C14H28N2. The van der Waals surface area contributed by atoms with Crippen LogP contribution in [0.5, 0.6) is 0 Å². The molecule has 0 aromatic rings. The molecular weight excluding hydrogens is 196 g/mol. The van der Waals surface area contributed by atoms with Crippen molar-refractivity contribution in [1.82, 2.24) is 4.90 Å². The van der Waals surface area contributed by atoms with Gasteiger partial charge in [-0.3, -0.25) is 0 Å². The van der Waals surface area contributed by atoms with Gasteiger partial charge < -0.3 is 4.90 Å². The SMILES string of the molecule is C#N.CCCCCCCN1CCCC(C)C1. The van der Waals surface area contributed by atoms with Crippen LogP contribution in [0.1, 0.15) is 58.8 Å². The van der Waals surface area contributed by atoms with Gasteiger partial charge in [-0.1, -0.05) is 39.5 Å². The van der Waals surface area contributed by atoms with Gasteiger partial charge in [0.25, 0.3) is 0 Å². The smallest absolute Gasteiger partial charge is 0.0462 e. The van der Waals surface area contributed by atoms with Crippen molar-refractivity contribution < 1.29 is 0 Å². The predicted octanol–water partition coefficient (Wildman–Crippen LogP) is 3.83. The third-order valence-electron chi connectivity index (χ3n) is 3.32. The molecule has 1 saturated heterocycles. The molecule has 16 heavy (non-hydrogen) atoms. The van der Waals surface area contributed by atoms with E-state index in [0.717, 1.165) is 5.92 Å². The van der Waals surface area contributed by atoms with Gasteiger partial charge in [-0.25, -0.2) is 5.26 Å². The minimum atomic E-state index is 0.944. The number of likely N-dealkylation sites (tertiary alicyclic amines) is 1. The lowest BCUT2D eigenvalue weighted by Gasteiger charge is -2.30. The van der Waals surface area contributed by atoms with Gasteiger partial charge in [0.15, 0.2) is 0 Å². The second-order valence-corrected chi connectivity index (χ2v) is 4.96. The summed E-state index contributed by atoms with van der Waals surface area (Å²) in [6.07, 6.45) is 9.98. The van der Waals surface area contributed by atoms with Crippen LogP contribution in [0.3, 0.4) is 0 Å². The Morgan fingerprint density at radius 3 is 2.50 bits per heavy atom. The Bertz CT molecular complexity index is 165. The maximum absolute atomic E-state index is 6.50. The Hall–Kier alpha value is -0.550. The molecule has 0 aliphatic carbocycles. The predicted molar refractivity (Wildman–Crippen MR) is 70.3 cm³/mol. The molecule has 0 aromatic carbocycles. The molecule has 0 aromatic heterocycles. The zero-order valence-corrected chi connectivity index (χ0v) is 11.1. The molecule has 0 spiro atoms. The largest absolute Gasteiger partial charge is 0.303 e. The van der Waals surface area contributed by atoms with E-state index in [4.69, 9.17) is 5.26 Å². The Labute approximate surface area is 102 Å². The van der Waals surface area contributed by atoms with Crippen LogP contribution in [0.25, 0.3) is 0 Å². The summed E-state index contributed by atoms with van der Waals surface area (Å²) in [6, 6.07) is 0. The number of nitriles is 1. The van der Waals surface area contributed by atoms with Gasteiger partial charge in [0, 0.05) is 13.1 Å². The van der Waals surface area contributed by atoms with E-state index in [1.54, 1.807) is 0 Å². The Balaban J connectivity index is 0.00000106. The van der Waals surface area contributed by atoms with Crippen LogP contribution in [0, 0.1) is 17.8 Å². The van der Waals surface area contributed by atoms with E-state index in [0.29, 0.717) is 0 Å². The van der Waals surface area contributed by atoms with Crippen LogP contribution < -0.4 is 0 Å². The van der Waals surface area contributed by atoms with Crippen molar-refractivity contribution in [3.8, 4) is 6.57 Å². The number of piperidine rings is 1. The maximum Gasteiger partial charge on any atom is 0.0462 e. The van der Waals surface area contributed by atoms with Crippen molar-refractivity contribution in [3.63, 3.8) is 0 Å². The molecule has 1 atom stereocenters. The minimum Gasteiger partial charge on any atom is -0.303 e. The molecule has 0 amide bonds. The summed E-state index contributed by atoms with van der Waals surface area (Å²) in [4.78, 5) is 2.67. The van der Waals surface area contributed by atoms with Crippen molar-refractivity contribution in [2.24, 2.45) is 5.92 Å². The second-order valence-electron chi connectivity index (χ2n) is 4.96. The molecule has 2 heteroatoms. The number of unbranched alkanes of at least 4 members (excludes halogenated alkanes) is 4. The van der Waals surface area contributed by atoms with Gasteiger partial charge in [0.2, 0.25) is 0 Å². The van der Waals surface area contributed by atoms with Crippen LogP contribution in [0.15, 0.2) is 0 Å². The summed E-state index contributed by atoms with van der Waals surface area (Å²) < 4.78 is 0. The molecule has 0 saturated carbocycles. The molecule has 1 aliphatic heterocycles. The van der Waals surface area contributed by atoms with Gasteiger partial charge in [-0.05, 0) is 38.3 Å². The van der Waals surface area contributed by atoms with Crippen molar-refractivity contribution in [2.75, 3.05) is 19.6 Å². The quantitative estimate of drug-likeness (QED) is 0.641.